The molecular formula is C17H16O. The fourth-order valence-electron chi connectivity index (χ4n) is 1.81. The highest BCUT2D eigenvalue weighted by Crippen LogP contribution is 2.18. The molecule has 0 aliphatic heterocycles. The molecule has 0 aromatic heterocycles. The second-order valence-corrected chi connectivity index (χ2v) is 4.34. The van der Waals surface area contributed by atoms with Gasteiger partial charge in [0, 0.05) is 5.56 Å². The number of rotatable bonds is 4. The van der Waals surface area contributed by atoms with Gasteiger partial charge in [0.15, 0.2) is 0 Å². The molecule has 0 heterocycles. The number of carbonyl (C=O) groups is 1. The standard InChI is InChI=1S/C17H16O/c1-14(7-8-15-5-3-2-4-6-15)17-11-9-16(13-18)10-12-17/h2-14H,1H3. The van der Waals surface area contributed by atoms with Crippen LogP contribution in [0.2, 0.25) is 0 Å². The molecule has 0 spiro atoms. The van der Waals surface area contributed by atoms with E-state index >= 15 is 0 Å². The number of hydrogen-bond donors (Lipinski definition) is 0. The van der Waals surface area contributed by atoms with E-state index in [0.29, 0.717) is 5.92 Å². The van der Waals surface area contributed by atoms with Gasteiger partial charge in [0.25, 0.3) is 0 Å². The molecule has 0 aliphatic rings. The van der Waals surface area contributed by atoms with Crippen molar-refractivity contribution in [1.82, 2.24) is 0 Å². The summed E-state index contributed by atoms with van der Waals surface area (Å²) in [5.41, 5.74) is 3.14. The first kappa shape index (κ1) is 12.3. The molecule has 0 radical (unpaired) electrons. The van der Waals surface area contributed by atoms with E-state index in [9.17, 15) is 4.79 Å². The fraction of sp³-hybridized carbons (Fsp3) is 0.118. The van der Waals surface area contributed by atoms with Gasteiger partial charge < -0.3 is 0 Å². The smallest absolute Gasteiger partial charge is 0.150 e. The van der Waals surface area contributed by atoms with Gasteiger partial charge in [-0.05, 0) is 17.0 Å². The molecule has 0 N–H and O–H groups in total. The van der Waals surface area contributed by atoms with Gasteiger partial charge in [-0.15, -0.1) is 0 Å². The summed E-state index contributed by atoms with van der Waals surface area (Å²) in [5.74, 6) is 0.339. The summed E-state index contributed by atoms with van der Waals surface area (Å²) in [6, 6.07) is 18.0. The van der Waals surface area contributed by atoms with Crippen molar-refractivity contribution in [1.29, 1.82) is 0 Å². The summed E-state index contributed by atoms with van der Waals surface area (Å²) in [5, 5.41) is 0. The van der Waals surface area contributed by atoms with Crippen LogP contribution in [0, 0.1) is 0 Å². The van der Waals surface area contributed by atoms with Gasteiger partial charge in [0.05, 0.1) is 0 Å². The first-order valence-electron chi connectivity index (χ1n) is 6.08. The van der Waals surface area contributed by atoms with Crippen molar-refractivity contribution in [2.45, 2.75) is 12.8 Å². The molecule has 1 unspecified atom stereocenters. The van der Waals surface area contributed by atoms with E-state index in [0.717, 1.165) is 11.8 Å². The molecular weight excluding hydrogens is 220 g/mol. The zero-order valence-electron chi connectivity index (χ0n) is 10.4. The largest absolute Gasteiger partial charge is 0.298 e. The molecule has 90 valence electrons. The lowest BCUT2D eigenvalue weighted by molar-refractivity contribution is 0.112. The number of allylic oxidation sites excluding steroid dienone is 1. The van der Waals surface area contributed by atoms with E-state index in [1.807, 2.05) is 42.5 Å². The van der Waals surface area contributed by atoms with E-state index in [1.165, 1.54) is 11.1 Å². The van der Waals surface area contributed by atoms with Crippen LogP contribution in [0.25, 0.3) is 6.08 Å². The summed E-state index contributed by atoms with van der Waals surface area (Å²) in [6.07, 6.45) is 5.16. The minimum atomic E-state index is 0.339. The lowest BCUT2D eigenvalue weighted by Gasteiger charge is -2.06. The maximum atomic E-state index is 10.6. The first-order chi connectivity index (χ1) is 8.79. The second kappa shape index (κ2) is 5.97. The van der Waals surface area contributed by atoms with E-state index in [-0.39, 0.29) is 0 Å². The molecule has 0 aliphatic carbocycles. The molecule has 0 amide bonds. The molecule has 2 rings (SSSR count). The van der Waals surface area contributed by atoms with E-state index in [4.69, 9.17) is 0 Å². The van der Waals surface area contributed by atoms with Crippen LogP contribution in [0.5, 0.6) is 0 Å². The lowest BCUT2D eigenvalue weighted by Crippen LogP contribution is -1.89. The van der Waals surface area contributed by atoms with Crippen LogP contribution < -0.4 is 0 Å². The third-order valence-electron chi connectivity index (χ3n) is 2.98. The van der Waals surface area contributed by atoms with Crippen molar-refractivity contribution in [3.8, 4) is 0 Å². The van der Waals surface area contributed by atoms with Crippen LogP contribution in [0.1, 0.15) is 34.3 Å². The van der Waals surface area contributed by atoms with Gasteiger partial charge in [-0.2, -0.15) is 0 Å². The van der Waals surface area contributed by atoms with Crippen molar-refractivity contribution in [3.05, 3.63) is 77.4 Å². The van der Waals surface area contributed by atoms with E-state index in [1.54, 1.807) is 0 Å². The summed E-state index contributed by atoms with van der Waals surface area (Å²) < 4.78 is 0. The van der Waals surface area contributed by atoms with Crippen molar-refractivity contribution >= 4 is 12.4 Å². The van der Waals surface area contributed by atoms with Gasteiger partial charge in [0.1, 0.15) is 6.29 Å². The average Bonchev–Trinajstić information content (AvgIpc) is 2.46. The highest BCUT2D eigenvalue weighted by Gasteiger charge is 2.00. The minimum absolute atomic E-state index is 0.339. The molecule has 1 heteroatoms. The Kier molecular flexibility index (Phi) is 4.08. The Hall–Kier alpha value is -2.15. The van der Waals surface area contributed by atoms with Crippen molar-refractivity contribution in [2.24, 2.45) is 0 Å². The quantitative estimate of drug-likeness (QED) is 0.723. The van der Waals surface area contributed by atoms with Gasteiger partial charge in [-0.25, -0.2) is 0 Å². The summed E-state index contributed by atoms with van der Waals surface area (Å²) in [4.78, 5) is 10.6. The molecule has 18 heavy (non-hydrogen) atoms. The number of benzene rings is 2. The third kappa shape index (κ3) is 3.17. The van der Waals surface area contributed by atoms with Crippen molar-refractivity contribution in [3.63, 3.8) is 0 Å². The highest BCUT2D eigenvalue weighted by atomic mass is 16.1. The predicted octanol–water partition coefficient (Wildman–Crippen LogP) is 4.32. The van der Waals surface area contributed by atoms with Crippen LogP contribution in [0.3, 0.4) is 0 Å². The Morgan fingerprint density at radius 1 is 0.889 bits per heavy atom. The zero-order chi connectivity index (χ0) is 12.8. The molecule has 1 atom stereocenters. The molecule has 0 fully saturated rings. The number of hydrogen-bond acceptors (Lipinski definition) is 1. The summed E-state index contributed by atoms with van der Waals surface area (Å²) >= 11 is 0. The topological polar surface area (TPSA) is 17.1 Å². The predicted molar refractivity (Wildman–Crippen MR) is 75.7 cm³/mol. The number of carbonyl (C=O) groups excluding carboxylic acids is 1. The highest BCUT2D eigenvalue weighted by molar-refractivity contribution is 5.74. The van der Waals surface area contributed by atoms with E-state index < -0.39 is 0 Å². The van der Waals surface area contributed by atoms with Crippen LogP contribution >= 0.6 is 0 Å². The molecule has 2 aromatic rings. The molecule has 1 nitrogen and oxygen atoms in total. The van der Waals surface area contributed by atoms with Crippen LogP contribution in [0.15, 0.2) is 60.7 Å². The molecule has 2 aromatic carbocycles. The van der Waals surface area contributed by atoms with Crippen molar-refractivity contribution in [2.75, 3.05) is 0 Å². The van der Waals surface area contributed by atoms with Crippen LogP contribution in [-0.4, -0.2) is 6.29 Å². The molecule has 0 saturated carbocycles. The summed E-state index contributed by atoms with van der Waals surface area (Å²) in [7, 11) is 0. The van der Waals surface area contributed by atoms with Gasteiger partial charge in [0.2, 0.25) is 0 Å². The van der Waals surface area contributed by atoms with Gasteiger partial charge in [-0.3, -0.25) is 4.79 Å². The maximum absolute atomic E-state index is 10.6. The Morgan fingerprint density at radius 3 is 2.17 bits per heavy atom. The van der Waals surface area contributed by atoms with Crippen molar-refractivity contribution < 1.29 is 4.79 Å². The van der Waals surface area contributed by atoms with Crippen LogP contribution in [0.4, 0.5) is 0 Å². The van der Waals surface area contributed by atoms with Gasteiger partial charge in [-0.1, -0.05) is 73.7 Å². The minimum Gasteiger partial charge on any atom is -0.298 e. The Morgan fingerprint density at radius 2 is 1.56 bits per heavy atom. The Labute approximate surface area is 108 Å². The molecule has 0 bridgehead atoms. The normalized spacial score (nSPS) is 12.5. The second-order valence-electron chi connectivity index (χ2n) is 4.34. The number of aldehydes is 1. The molecule has 0 saturated heterocycles. The maximum Gasteiger partial charge on any atom is 0.150 e. The van der Waals surface area contributed by atoms with Crippen LogP contribution in [-0.2, 0) is 0 Å². The third-order valence-corrected chi connectivity index (χ3v) is 2.98. The van der Waals surface area contributed by atoms with Gasteiger partial charge >= 0.3 is 0 Å². The lowest BCUT2D eigenvalue weighted by atomic mass is 9.99. The first-order valence-corrected chi connectivity index (χ1v) is 6.08. The Bertz CT molecular complexity index is 523. The Balaban J connectivity index is 2.09. The fourth-order valence-corrected chi connectivity index (χ4v) is 1.81. The van der Waals surface area contributed by atoms with E-state index in [2.05, 4.69) is 31.2 Å². The zero-order valence-corrected chi connectivity index (χ0v) is 10.4. The SMILES string of the molecule is CC(C=Cc1ccccc1)c1ccc(C=O)cc1. The average molecular weight is 236 g/mol. The monoisotopic (exact) mass is 236 g/mol. The summed E-state index contributed by atoms with van der Waals surface area (Å²) in [6.45, 7) is 2.15.